The summed E-state index contributed by atoms with van der Waals surface area (Å²) < 4.78 is 5.35. The quantitative estimate of drug-likeness (QED) is 0.908. The lowest BCUT2D eigenvalue weighted by Gasteiger charge is -2.09. The SMILES string of the molecule is Cc1coc(-c2ccc(C)c(NC(=O)CCN)c2)n1.Cl. The second kappa shape index (κ2) is 7.07. The van der Waals surface area contributed by atoms with Crippen molar-refractivity contribution in [1.29, 1.82) is 0 Å². The first-order valence-electron chi connectivity index (χ1n) is 6.13. The number of nitrogens with one attached hydrogen (secondary N) is 1. The number of rotatable bonds is 4. The monoisotopic (exact) mass is 295 g/mol. The minimum atomic E-state index is -0.0914. The Morgan fingerprint density at radius 1 is 1.40 bits per heavy atom. The maximum Gasteiger partial charge on any atom is 0.226 e. The molecule has 2 rings (SSSR count). The van der Waals surface area contributed by atoms with E-state index in [9.17, 15) is 4.79 Å². The first-order valence-corrected chi connectivity index (χ1v) is 6.13. The molecule has 0 saturated heterocycles. The van der Waals surface area contributed by atoms with Crippen LogP contribution in [-0.2, 0) is 4.79 Å². The van der Waals surface area contributed by atoms with Crippen LogP contribution in [0.15, 0.2) is 28.9 Å². The summed E-state index contributed by atoms with van der Waals surface area (Å²) in [6, 6.07) is 5.70. The molecule has 0 bridgehead atoms. The van der Waals surface area contributed by atoms with Crippen molar-refractivity contribution in [1.82, 2.24) is 4.98 Å². The molecule has 0 aliphatic heterocycles. The van der Waals surface area contributed by atoms with E-state index in [0.29, 0.717) is 18.9 Å². The summed E-state index contributed by atoms with van der Waals surface area (Å²) in [5, 5.41) is 2.84. The summed E-state index contributed by atoms with van der Waals surface area (Å²) in [7, 11) is 0. The van der Waals surface area contributed by atoms with E-state index >= 15 is 0 Å². The number of amides is 1. The molecule has 3 N–H and O–H groups in total. The molecule has 5 nitrogen and oxygen atoms in total. The number of anilines is 1. The van der Waals surface area contributed by atoms with Gasteiger partial charge < -0.3 is 15.5 Å². The predicted octanol–water partition coefficient (Wildman–Crippen LogP) is 2.67. The molecule has 1 aromatic carbocycles. The highest BCUT2D eigenvalue weighted by Gasteiger charge is 2.09. The van der Waals surface area contributed by atoms with Crippen LogP contribution in [0, 0.1) is 13.8 Å². The van der Waals surface area contributed by atoms with Gasteiger partial charge in [-0.05, 0) is 31.5 Å². The molecule has 0 radical (unpaired) electrons. The molecule has 0 aliphatic rings. The van der Waals surface area contributed by atoms with E-state index in [2.05, 4.69) is 10.3 Å². The van der Waals surface area contributed by atoms with E-state index in [1.807, 2.05) is 32.0 Å². The molecule has 0 spiro atoms. The van der Waals surface area contributed by atoms with Crippen LogP contribution in [0.25, 0.3) is 11.5 Å². The second-order valence-corrected chi connectivity index (χ2v) is 4.41. The van der Waals surface area contributed by atoms with Gasteiger partial charge in [-0.1, -0.05) is 6.07 Å². The zero-order valence-electron chi connectivity index (χ0n) is 11.5. The van der Waals surface area contributed by atoms with Crippen molar-refractivity contribution in [3.8, 4) is 11.5 Å². The Hall–Kier alpha value is -1.85. The minimum absolute atomic E-state index is 0. The molecule has 20 heavy (non-hydrogen) atoms. The number of aromatic nitrogens is 1. The Kier molecular flexibility index (Phi) is 5.73. The number of nitrogens with zero attached hydrogens (tertiary/aromatic N) is 1. The predicted molar refractivity (Wildman–Crippen MR) is 81.0 cm³/mol. The highest BCUT2D eigenvalue weighted by atomic mass is 35.5. The first kappa shape index (κ1) is 16.2. The van der Waals surface area contributed by atoms with Gasteiger partial charge in [0.1, 0.15) is 6.26 Å². The molecule has 0 aliphatic carbocycles. The number of carbonyl (C=O) groups is 1. The smallest absolute Gasteiger partial charge is 0.226 e. The zero-order valence-corrected chi connectivity index (χ0v) is 12.3. The number of nitrogens with two attached hydrogens (primary N) is 1. The number of halogens is 1. The van der Waals surface area contributed by atoms with Gasteiger partial charge in [0.05, 0.1) is 5.69 Å². The fraction of sp³-hybridized carbons (Fsp3) is 0.286. The first-order chi connectivity index (χ1) is 9.10. The Bertz CT molecular complexity index is 596. The highest BCUT2D eigenvalue weighted by Crippen LogP contribution is 2.25. The maximum absolute atomic E-state index is 11.6. The Labute approximate surface area is 124 Å². The van der Waals surface area contributed by atoms with Crippen molar-refractivity contribution in [2.24, 2.45) is 5.73 Å². The second-order valence-electron chi connectivity index (χ2n) is 4.41. The van der Waals surface area contributed by atoms with Crippen LogP contribution in [0.5, 0.6) is 0 Å². The van der Waals surface area contributed by atoms with Crippen molar-refractivity contribution in [3.63, 3.8) is 0 Å². The lowest BCUT2D eigenvalue weighted by molar-refractivity contribution is -0.116. The number of aryl methyl sites for hydroxylation is 2. The van der Waals surface area contributed by atoms with Crippen LogP contribution in [0.4, 0.5) is 5.69 Å². The number of carbonyl (C=O) groups excluding carboxylic acids is 1. The fourth-order valence-corrected chi connectivity index (χ4v) is 1.72. The molecule has 0 atom stereocenters. The molecule has 2 aromatic rings. The van der Waals surface area contributed by atoms with Gasteiger partial charge >= 0.3 is 0 Å². The van der Waals surface area contributed by atoms with Crippen LogP contribution in [0.3, 0.4) is 0 Å². The lowest BCUT2D eigenvalue weighted by atomic mass is 10.1. The highest BCUT2D eigenvalue weighted by molar-refractivity contribution is 5.92. The molecule has 108 valence electrons. The van der Waals surface area contributed by atoms with E-state index in [1.54, 1.807) is 6.26 Å². The summed E-state index contributed by atoms with van der Waals surface area (Å²) in [6.45, 7) is 4.14. The summed E-state index contributed by atoms with van der Waals surface area (Å²) >= 11 is 0. The molecule has 0 saturated carbocycles. The van der Waals surface area contributed by atoms with Gasteiger partial charge in [-0.25, -0.2) is 4.98 Å². The van der Waals surface area contributed by atoms with Crippen LogP contribution < -0.4 is 11.1 Å². The minimum Gasteiger partial charge on any atom is -0.444 e. The van der Waals surface area contributed by atoms with Gasteiger partial charge in [0.25, 0.3) is 0 Å². The molecule has 6 heteroatoms. The molecule has 0 fully saturated rings. The average molecular weight is 296 g/mol. The molecule has 1 heterocycles. The van der Waals surface area contributed by atoms with Gasteiger partial charge in [-0.2, -0.15) is 0 Å². The van der Waals surface area contributed by atoms with E-state index in [1.165, 1.54) is 0 Å². The number of hydrogen-bond acceptors (Lipinski definition) is 4. The third-order valence-corrected chi connectivity index (χ3v) is 2.75. The van der Waals surface area contributed by atoms with E-state index in [0.717, 1.165) is 22.5 Å². The van der Waals surface area contributed by atoms with E-state index in [4.69, 9.17) is 10.2 Å². The Morgan fingerprint density at radius 2 is 2.15 bits per heavy atom. The maximum atomic E-state index is 11.6. The molecule has 1 amide bonds. The van der Waals surface area contributed by atoms with Crippen LogP contribution in [0.2, 0.25) is 0 Å². The van der Waals surface area contributed by atoms with Crippen molar-refractivity contribution < 1.29 is 9.21 Å². The number of oxazole rings is 1. The molecule has 0 unspecified atom stereocenters. The number of hydrogen-bond donors (Lipinski definition) is 2. The van der Waals surface area contributed by atoms with Crippen LogP contribution in [0.1, 0.15) is 17.7 Å². The summed E-state index contributed by atoms with van der Waals surface area (Å²) in [5.74, 6) is 0.457. The van der Waals surface area contributed by atoms with Gasteiger partial charge in [0, 0.05) is 24.2 Å². The topological polar surface area (TPSA) is 81.2 Å². The normalized spacial score (nSPS) is 9.95. The van der Waals surface area contributed by atoms with Gasteiger partial charge in [0.2, 0.25) is 11.8 Å². The van der Waals surface area contributed by atoms with Crippen LogP contribution in [-0.4, -0.2) is 17.4 Å². The van der Waals surface area contributed by atoms with Crippen molar-refractivity contribution in [2.45, 2.75) is 20.3 Å². The molecular weight excluding hydrogens is 278 g/mol. The van der Waals surface area contributed by atoms with Crippen LogP contribution >= 0.6 is 12.4 Å². The zero-order chi connectivity index (χ0) is 13.8. The van der Waals surface area contributed by atoms with E-state index in [-0.39, 0.29) is 18.3 Å². The Morgan fingerprint density at radius 3 is 2.75 bits per heavy atom. The van der Waals surface area contributed by atoms with Crippen molar-refractivity contribution in [2.75, 3.05) is 11.9 Å². The van der Waals surface area contributed by atoms with Gasteiger partial charge in [-0.15, -0.1) is 12.4 Å². The Balaban J connectivity index is 0.00000200. The third kappa shape index (κ3) is 3.82. The van der Waals surface area contributed by atoms with Crippen molar-refractivity contribution >= 4 is 24.0 Å². The van der Waals surface area contributed by atoms with Gasteiger partial charge in [0.15, 0.2) is 0 Å². The molecule has 1 aromatic heterocycles. The fourth-order valence-electron chi connectivity index (χ4n) is 1.72. The standard InChI is InChI=1S/C14H17N3O2.ClH/c1-9-3-4-11(14-16-10(2)8-19-14)7-12(9)17-13(18)5-6-15;/h3-4,7-8H,5-6,15H2,1-2H3,(H,17,18);1H. The van der Waals surface area contributed by atoms with Crippen molar-refractivity contribution in [3.05, 3.63) is 35.7 Å². The molecular formula is C14H18ClN3O2. The largest absolute Gasteiger partial charge is 0.444 e. The summed E-state index contributed by atoms with van der Waals surface area (Å²) in [4.78, 5) is 15.9. The van der Waals surface area contributed by atoms with E-state index < -0.39 is 0 Å². The third-order valence-electron chi connectivity index (χ3n) is 2.75. The average Bonchev–Trinajstić information content (AvgIpc) is 2.79. The summed E-state index contributed by atoms with van der Waals surface area (Å²) in [6.07, 6.45) is 1.91. The lowest BCUT2D eigenvalue weighted by Crippen LogP contribution is -2.16. The number of benzene rings is 1. The summed E-state index contributed by atoms with van der Waals surface area (Å²) in [5.41, 5.74) is 8.76. The van der Waals surface area contributed by atoms with Gasteiger partial charge in [-0.3, -0.25) is 4.79 Å².